The minimum atomic E-state index is -0.379. The van der Waals surface area contributed by atoms with E-state index in [-0.39, 0.29) is 5.97 Å². The summed E-state index contributed by atoms with van der Waals surface area (Å²) in [6.07, 6.45) is 19.3. The third kappa shape index (κ3) is 13.0. The Morgan fingerprint density at radius 3 is 1.50 bits per heavy atom. The molecule has 4 heteroatoms. The maximum absolute atomic E-state index is 12.6. The predicted molar refractivity (Wildman–Crippen MR) is 175 cm³/mol. The summed E-state index contributed by atoms with van der Waals surface area (Å²) in [6, 6.07) is 22.9. The molecule has 0 atom stereocenters. The second-order valence-corrected chi connectivity index (χ2v) is 11.0. The van der Waals surface area contributed by atoms with Crippen LogP contribution < -0.4 is 14.2 Å². The number of carbonyl (C=O) groups excluding carboxylic acids is 1. The number of hydrogen-bond acceptors (Lipinski definition) is 4. The Morgan fingerprint density at radius 1 is 0.571 bits per heavy atom. The van der Waals surface area contributed by atoms with Crippen molar-refractivity contribution < 1.29 is 19.0 Å². The molecule has 0 bridgehead atoms. The molecule has 0 fully saturated rings. The number of carbonyl (C=O) groups is 1. The highest BCUT2D eigenvalue weighted by Crippen LogP contribution is 2.25. The topological polar surface area (TPSA) is 44.8 Å². The third-order valence-electron chi connectivity index (χ3n) is 7.43. The zero-order chi connectivity index (χ0) is 29.7. The fourth-order valence-electron chi connectivity index (χ4n) is 4.85. The summed E-state index contributed by atoms with van der Waals surface area (Å²) in [4.78, 5) is 12.6. The first-order valence-electron chi connectivity index (χ1n) is 16.1. The molecule has 0 aliphatic heterocycles. The highest BCUT2D eigenvalue weighted by molar-refractivity contribution is 5.91. The van der Waals surface area contributed by atoms with E-state index in [4.69, 9.17) is 14.2 Å². The summed E-state index contributed by atoms with van der Waals surface area (Å²) in [6.45, 7) is 7.46. The minimum Gasteiger partial charge on any atom is -0.494 e. The molecule has 3 aromatic rings. The van der Waals surface area contributed by atoms with Crippen LogP contribution in [0.1, 0.15) is 107 Å². The van der Waals surface area contributed by atoms with Gasteiger partial charge >= 0.3 is 5.97 Å². The summed E-state index contributed by atoms with van der Waals surface area (Å²) in [5.74, 6) is 1.81. The molecule has 0 N–H and O–H groups in total. The van der Waals surface area contributed by atoms with Crippen LogP contribution in [-0.4, -0.2) is 19.2 Å². The van der Waals surface area contributed by atoms with E-state index < -0.39 is 0 Å². The fourth-order valence-corrected chi connectivity index (χ4v) is 4.85. The molecule has 3 aromatic carbocycles. The lowest BCUT2D eigenvalue weighted by molar-refractivity contribution is 0.0734. The lowest BCUT2D eigenvalue weighted by atomic mass is 10.1. The van der Waals surface area contributed by atoms with Gasteiger partial charge in [0.15, 0.2) is 0 Å². The zero-order valence-corrected chi connectivity index (χ0v) is 25.7. The molecule has 0 unspecified atom stereocenters. The molecular formula is C38H50O4. The number of rotatable bonds is 22. The SMILES string of the molecule is C=CCCCCCCCCCOc1ccc(-c2ccc(OC(=O)c3ccc(OCCCCCCCC)cc3)cc2)cc1. The van der Waals surface area contributed by atoms with Gasteiger partial charge in [-0.3, -0.25) is 0 Å². The molecule has 0 amide bonds. The van der Waals surface area contributed by atoms with E-state index >= 15 is 0 Å². The van der Waals surface area contributed by atoms with Gasteiger partial charge in [-0.15, -0.1) is 6.58 Å². The normalized spacial score (nSPS) is 10.8. The smallest absolute Gasteiger partial charge is 0.343 e. The average molecular weight is 571 g/mol. The van der Waals surface area contributed by atoms with Crippen LogP contribution in [0.5, 0.6) is 17.2 Å². The molecule has 4 nitrogen and oxygen atoms in total. The first-order valence-corrected chi connectivity index (χ1v) is 16.1. The summed E-state index contributed by atoms with van der Waals surface area (Å²) in [5, 5.41) is 0. The Morgan fingerprint density at radius 2 is 1.00 bits per heavy atom. The second-order valence-electron chi connectivity index (χ2n) is 11.0. The van der Waals surface area contributed by atoms with Gasteiger partial charge in [0.25, 0.3) is 0 Å². The Balaban J connectivity index is 1.34. The molecular weight excluding hydrogens is 520 g/mol. The van der Waals surface area contributed by atoms with Crippen LogP contribution in [0.2, 0.25) is 0 Å². The summed E-state index contributed by atoms with van der Waals surface area (Å²) >= 11 is 0. The van der Waals surface area contributed by atoms with Crippen molar-refractivity contribution >= 4 is 5.97 Å². The molecule has 3 rings (SSSR count). The van der Waals surface area contributed by atoms with Crippen molar-refractivity contribution in [2.75, 3.05) is 13.2 Å². The van der Waals surface area contributed by atoms with E-state index in [0.29, 0.717) is 17.9 Å². The third-order valence-corrected chi connectivity index (χ3v) is 7.43. The molecule has 0 aliphatic carbocycles. The Bertz CT molecular complexity index is 1130. The largest absolute Gasteiger partial charge is 0.494 e. The number of unbranched alkanes of at least 4 members (excludes halogenated alkanes) is 12. The van der Waals surface area contributed by atoms with Gasteiger partial charge in [0.2, 0.25) is 0 Å². The maximum Gasteiger partial charge on any atom is 0.343 e. The van der Waals surface area contributed by atoms with Gasteiger partial charge < -0.3 is 14.2 Å². The van der Waals surface area contributed by atoms with Crippen LogP contribution in [-0.2, 0) is 0 Å². The van der Waals surface area contributed by atoms with Crippen molar-refractivity contribution in [1.82, 2.24) is 0 Å². The lowest BCUT2D eigenvalue weighted by Crippen LogP contribution is -2.08. The molecule has 0 aromatic heterocycles. The van der Waals surface area contributed by atoms with E-state index in [2.05, 4.69) is 25.6 Å². The predicted octanol–water partition coefficient (Wildman–Crippen LogP) is 11.0. The van der Waals surface area contributed by atoms with Crippen molar-refractivity contribution in [3.63, 3.8) is 0 Å². The number of ether oxygens (including phenoxy) is 3. The summed E-state index contributed by atoms with van der Waals surface area (Å²) in [5.41, 5.74) is 2.65. The van der Waals surface area contributed by atoms with Gasteiger partial charge in [-0.25, -0.2) is 4.79 Å². The molecule has 0 saturated heterocycles. The quantitative estimate of drug-likeness (QED) is 0.0521. The van der Waals surface area contributed by atoms with Crippen molar-refractivity contribution in [3.8, 4) is 28.4 Å². The highest BCUT2D eigenvalue weighted by Gasteiger charge is 2.09. The monoisotopic (exact) mass is 570 g/mol. The van der Waals surface area contributed by atoms with Crippen molar-refractivity contribution in [3.05, 3.63) is 91.0 Å². The first kappa shape index (κ1) is 33.0. The van der Waals surface area contributed by atoms with Crippen molar-refractivity contribution in [2.24, 2.45) is 0 Å². The van der Waals surface area contributed by atoms with E-state index in [1.807, 2.05) is 54.6 Å². The van der Waals surface area contributed by atoms with E-state index in [1.54, 1.807) is 12.1 Å². The van der Waals surface area contributed by atoms with Gasteiger partial charge in [0, 0.05) is 0 Å². The first-order chi connectivity index (χ1) is 20.7. The van der Waals surface area contributed by atoms with E-state index in [1.165, 1.54) is 70.6 Å². The molecule has 0 saturated carbocycles. The highest BCUT2D eigenvalue weighted by atomic mass is 16.5. The van der Waals surface area contributed by atoms with Crippen molar-refractivity contribution in [1.29, 1.82) is 0 Å². The van der Waals surface area contributed by atoms with Crippen LogP contribution in [0.25, 0.3) is 11.1 Å². The fraction of sp³-hybridized carbons (Fsp3) is 0.447. The van der Waals surface area contributed by atoms with Crippen LogP contribution >= 0.6 is 0 Å². The van der Waals surface area contributed by atoms with Gasteiger partial charge in [0.05, 0.1) is 18.8 Å². The molecule has 226 valence electrons. The minimum absolute atomic E-state index is 0.379. The Hall–Kier alpha value is -3.53. The molecule has 0 heterocycles. The summed E-state index contributed by atoms with van der Waals surface area (Å²) < 4.78 is 17.3. The number of hydrogen-bond donors (Lipinski definition) is 0. The maximum atomic E-state index is 12.6. The van der Waals surface area contributed by atoms with Gasteiger partial charge in [-0.05, 0) is 85.3 Å². The van der Waals surface area contributed by atoms with E-state index in [0.717, 1.165) is 48.5 Å². The van der Waals surface area contributed by atoms with Gasteiger partial charge in [-0.1, -0.05) is 101 Å². The second kappa shape index (κ2) is 20.4. The van der Waals surface area contributed by atoms with Crippen LogP contribution in [0.4, 0.5) is 0 Å². The number of allylic oxidation sites excluding steroid dienone is 1. The number of benzene rings is 3. The van der Waals surface area contributed by atoms with Crippen LogP contribution in [0, 0.1) is 0 Å². The van der Waals surface area contributed by atoms with Crippen molar-refractivity contribution in [2.45, 2.75) is 96.8 Å². The van der Waals surface area contributed by atoms with Crippen LogP contribution in [0.15, 0.2) is 85.5 Å². The number of esters is 1. The average Bonchev–Trinajstić information content (AvgIpc) is 3.02. The molecule has 42 heavy (non-hydrogen) atoms. The summed E-state index contributed by atoms with van der Waals surface area (Å²) in [7, 11) is 0. The molecule has 0 radical (unpaired) electrons. The van der Waals surface area contributed by atoms with Gasteiger partial charge in [-0.2, -0.15) is 0 Å². The molecule has 0 spiro atoms. The standard InChI is InChI=1S/C38H50O4/c1-3-5-7-9-11-12-13-15-17-31-40-35-24-18-32(19-25-35)33-20-28-37(29-21-33)42-38(39)34-22-26-36(27-23-34)41-30-16-14-10-8-6-4-2/h3,18-29H,1,4-17,30-31H2,2H3. The van der Waals surface area contributed by atoms with Gasteiger partial charge in [0.1, 0.15) is 17.2 Å². The zero-order valence-electron chi connectivity index (χ0n) is 25.7. The Labute approximate surface area is 254 Å². The van der Waals surface area contributed by atoms with Crippen LogP contribution in [0.3, 0.4) is 0 Å². The molecule has 0 aliphatic rings. The Kier molecular flexibility index (Phi) is 16.0. The lowest BCUT2D eigenvalue weighted by Gasteiger charge is -2.09. The van der Waals surface area contributed by atoms with E-state index in [9.17, 15) is 4.79 Å².